The number of thiophene rings is 1. The summed E-state index contributed by atoms with van der Waals surface area (Å²) >= 11 is 1.80. The first-order valence-electron chi connectivity index (χ1n) is 7.14. The SMILES string of the molecule is C[C@H]1CCc2c(C(=O)N3CCCCC3)csc2C1. The van der Waals surface area contributed by atoms with Crippen molar-refractivity contribution >= 4 is 17.2 Å². The summed E-state index contributed by atoms with van der Waals surface area (Å²) in [4.78, 5) is 16.1. The summed E-state index contributed by atoms with van der Waals surface area (Å²) in [7, 11) is 0. The Kier molecular flexibility index (Phi) is 3.42. The third-order valence-corrected chi connectivity index (χ3v) is 5.33. The second-order valence-electron chi connectivity index (χ2n) is 5.75. The second kappa shape index (κ2) is 5.04. The highest BCUT2D eigenvalue weighted by Gasteiger charge is 2.26. The Hall–Kier alpha value is -0.830. The van der Waals surface area contributed by atoms with Crippen molar-refractivity contribution in [2.75, 3.05) is 13.1 Å². The number of amides is 1. The molecule has 1 aliphatic heterocycles. The van der Waals surface area contributed by atoms with Gasteiger partial charge in [0.2, 0.25) is 0 Å². The van der Waals surface area contributed by atoms with Crippen LogP contribution in [-0.2, 0) is 12.8 Å². The van der Waals surface area contributed by atoms with Crippen LogP contribution in [0.1, 0.15) is 53.4 Å². The lowest BCUT2D eigenvalue weighted by Crippen LogP contribution is -2.36. The number of hydrogen-bond acceptors (Lipinski definition) is 2. The lowest BCUT2D eigenvalue weighted by molar-refractivity contribution is 0.0723. The van der Waals surface area contributed by atoms with Crippen LogP contribution in [0.25, 0.3) is 0 Å². The maximum Gasteiger partial charge on any atom is 0.254 e. The Morgan fingerprint density at radius 2 is 2.11 bits per heavy atom. The summed E-state index contributed by atoms with van der Waals surface area (Å²) in [5, 5.41) is 2.11. The molecule has 0 bridgehead atoms. The van der Waals surface area contributed by atoms with Gasteiger partial charge in [-0.05, 0) is 50.0 Å². The molecule has 1 aromatic rings. The number of carbonyl (C=O) groups excluding carboxylic acids is 1. The first-order valence-corrected chi connectivity index (χ1v) is 8.02. The van der Waals surface area contributed by atoms with Gasteiger partial charge in [0.15, 0.2) is 0 Å². The van der Waals surface area contributed by atoms with Gasteiger partial charge in [0.1, 0.15) is 0 Å². The van der Waals surface area contributed by atoms with Gasteiger partial charge in [0.05, 0.1) is 5.56 Å². The zero-order valence-electron chi connectivity index (χ0n) is 11.1. The summed E-state index contributed by atoms with van der Waals surface area (Å²) in [5.74, 6) is 1.08. The van der Waals surface area contributed by atoms with Crippen molar-refractivity contribution in [2.24, 2.45) is 5.92 Å². The van der Waals surface area contributed by atoms with Crippen LogP contribution in [0.4, 0.5) is 0 Å². The Morgan fingerprint density at radius 1 is 1.33 bits per heavy atom. The van der Waals surface area contributed by atoms with Crippen molar-refractivity contribution in [1.82, 2.24) is 4.90 Å². The number of piperidine rings is 1. The first kappa shape index (κ1) is 12.2. The molecule has 0 aromatic carbocycles. The Bertz CT molecular complexity index is 445. The van der Waals surface area contributed by atoms with Gasteiger partial charge in [-0.2, -0.15) is 0 Å². The Labute approximate surface area is 113 Å². The van der Waals surface area contributed by atoms with Crippen molar-refractivity contribution in [3.63, 3.8) is 0 Å². The molecule has 18 heavy (non-hydrogen) atoms. The standard InChI is InChI=1S/C15H21NOS/c1-11-5-6-12-13(10-18-14(12)9-11)15(17)16-7-3-2-4-8-16/h10-11H,2-9H2,1H3/t11-/m0/s1. The summed E-state index contributed by atoms with van der Waals surface area (Å²) in [5.41, 5.74) is 2.39. The van der Waals surface area contributed by atoms with E-state index in [-0.39, 0.29) is 0 Å². The lowest BCUT2D eigenvalue weighted by Gasteiger charge is -2.27. The van der Waals surface area contributed by atoms with E-state index in [1.54, 1.807) is 11.3 Å². The van der Waals surface area contributed by atoms with Crippen LogP contribution < -0.4 is 0 Å². The third kappa shape index (κ3) is 2.20. The summed E-state index contributed by atoms with van der Waals surface area (Å²) < 4.78 is 0. The van der Waals surface area contributed by atoms with Gasteiger partial charge >= 0.3 is 0 Å². The van der Waals surface area contributed by atoms with E-state index in [2.05, 4.69) is 17.2 Å². The molecule has 1 fully saturated rings. The molecular formula is C15H21NOS. The number of fused-ring (bicyclic) bond motifs is 1. The van der Waals surface area contributed by atoms with E-state index in [1.165, 1.54) is 42.5 Å². The Morgan fingerprint density at radius 3 is 2.89 bits per heavy atom. The number of hydrogen-bond donors (Lipinski definition) is 0. The molecule has 1 aromatic heterocycles. The molecule has 0 N–H and O–H groups in total. The molecule has 1 aliphatic carbocycles. The van der Waals surface area contributed by atoms with Crippen molar-refractivity contribution in [3.8, 4) is 0 Å². The van der Waals surface area contributed by atoms with E-state index >= 15 is 0 Å². The van der Waals surface area contributed by atoms with Crippen LogP contribution in [-0.4, -0.2) is 23.9 Å². The lowest BCUT2D eigenvalue weighted by atomic mass is 9.88. The highest BCUT2D eigenvalue weighted by molar-refractivity contribution is 7.10. The summed E-state index contributed by atoms with van der Waals surface area (Å²) in [6, 6.07) is 0. The molecule has 1 atom stereocenters. The van der Waals surface area contributed by atoms with Crippen molar-refractivity contribution < 1.29 is 4.79 Å². The monoisotopic (exact) mass is 263 g/mol. The maximum atomic E-state index is 12.5. The highest BCUT2D eigenvalue weighted by atomic mass is 32.1. The normalized spacial score (nSPS) is 23.8. The van der Waals surface area contributed by atoms with Crippen LogP contribution in [0.3, 0.4) is 0 Å². The number of rotatable bonds is 1. The molecule has 0 unspecified atom stereocenters. The number of nitrogens with zero attached hydrogens (tertiary/aromatic N) is 1. The molecule has 2 aliphatic rings. The molecule has 1 saturated heterocycles. The fraction of sp³-hybridized carbons (Fsp3) is 0.667. The molecule has 0 saturated carbocycles. The molecule has 0 spiro atoms. The van der Waals surface area contributed by atoms with Crippen molar-refractivity contribution in [3.05, 3.63) is 21.4 Å². The van der Waals surface area contributed by atoms with Crippen molar-refractivity contribution in [1.29, 1.82) is 0 Å². The second-order valence-corrected chi connectivity index (χ2v) is 6.72. The van der Waals surface area contributed by atoms with E-state index in [9.17, 15) is 4.79 Å². The van der Waals surface area contributed by atoms with Crippen LogP contribution in [0, 0.1) is 5.92 Å². The molecule has 2 nitrogen and oxygen atoms in total. The van der Waals surface area contributed by atoms with Gasteiger partial charge in [-0.3, -0.25) is 4.79 Å². The minimum atomic E-state index is 0.293. The molecule has 1 amide bonds. The third-order valence-electron chi connectivity index (χ3n) is 4.28. The minimum Gasteiger partial charge on any atom is -0.339 e. The molecule has 3 heteroatoms. The van der Waals surface area contributed by atoms with E-state index in [1.807, 2.05) is 0 Å². The van der Waals surface area contributed by atoms with Gasteiger partial charge in [-0.25, -0.2) is 0 Å². The van der Waals surface area contributed by atoms with Crippen LogP contribution in [0.15, 0.2) is 5.38 Å². The molecular weight excluding hydrogens is 242 g/mol. The molecule has 98 valence electrons. The van der Waals surface area contributed by atoms with Gasteiger partial charge in [-0.1, -0.05) is 6.92 Å². The Balaban J connectivity index is 1.82. The molecule has 2 heterocycles. The largest absolute Gasteiger partial charge is 0.339 e. The average Bonchev–Trinajstić information content (AvgIpc) is 2.81. The van der Waals surface area contributed by atoms with Crippen molar-refractivity contribution in [2.45, 2.75) is 45.4 Å². The quantitative estimate of drug-likeness (QED) is 0.759. The highest BCUT2D eigenvalue weighted by Crippen LogP contribution is 2.33. The van der Waals surface area contributed by atoms with E-state index in [0.29, 0.717) is 5.91 Å². The van der Waals surface area contributed by atoms with Crippen LogP contribution in [0.2, 0.25) is 0 Å². The van der Waals surface area contributed by atoms with Crippen LogP contribution >= 0.6 is 11.3 Å². The molecule has 0 radical (unpaired) electrons. The topological polar surface area (TPSA) is 20.3 Å². The van der Waals surface area contributed by atoms with Gasteiger partial charge in [0.25, 0.3) is 5.91 Å². The van der Waals surface area contributed by atoms with Gasteiger partial charge in [0, 0.05) is 23.3 Å². The predicted molar refractivity (Wildman–Crippen MR) is 75.3 cm³/mol. The number of carbonyl (C=O) groups is 1. The number of likely N-dealkylation sites (tertiary alicyclic amines) is 1. The first-order chi connectivity index (χ1) is 8.75. The fourth-order valence-electron chi connectivity index (χ4n) is 3.12. The van der Waals surface area contributed by atoms with E-state index in [4.69, 9.17) is 0 Å². The predicted octanol–water partition coefficient (Wildman–Crippen LogP) is 3.50. The zero-order chi connectivity index (χ0) is 12.5. The summed E-state index contributed by atoms with van der Waals surface area (Å²) in [6.45, 7) is 4.23. The summed E-state index contributed by atoms with van der Waals surface area (Å²) in [6.07, 6.45) is 7.15. The van der Waals surface area contributed by atoms with Crippen LogP contribution in [0.5, 0.6) is 0 Å². The fourth-order valence-corrected chi connectivity index (χ4v) is 4.36. The maximum absolute atomic E-state index is 12.5. The van der Waals surface area contributed by atoms with E-state index < -0.39 is 0 Å². The zero-order valence-corrected chi connectivity index (χ0v) is 11.9. The van der Waals surface area contributed by atoms with E-state index in [0.717, 1.165) is 31.0 Å². The molecule has 3 rings (SSSR count). The van der Waals surface area contributed by atoms with Gasteiger partial charge < -0.3 is 4.90 Å². The van der Waals surface area contributed by atoms with Gasteiger partial charge in [-0.15, -0.1) is 11.3 Å². The smallest absolute Gasteiger partial charge is 0.254 e. The minimum absolute atomic E-state index is 0.293. The average molecular weight is 263 g/mol.